The molecule has 0 aromatic rings. The van der Waals surface area contributed by atoms with Crippen molar-refractivity contribution in [2.75, 3.05) is 0 Å². The van der Waals surface area contributed by atoms with E-state index in [9.17, 15) is 10.2 Å². The zero-order chi connectivity index (χ0) is 16.8. The molecule has 2 heteroatoms. The highest BCUT2D eigenvalue weighted by Gasteiger charge is 2.59. The van der Waals surface area contributed by atoms with Gasteiger partial charge in [0.2, 0.25) is 0 Å². The van der Waals surface area contributed by atoms with Crippen LogP contribution in [0.15, 0.2) is 24.3 Å². The maximum atomic E-state index is 11.7. The van der Waals surface area contributed by atoms with Crippen LogP contribution in [0.25, 0.3) is 0 Å². The van der Waals surface area contributed by atoms with Gasteiger partial charge in [-0.1, -0.05) is 39.3 Å². The molecule has 0 saturated heterocycles. The first-order valence-electron chi connectivity index (χ1n) is 8.74. The van der Waals surface area contributed by atoms with Gasteiger partial charge < -0.3 is 10.2 Å². The second kappa shape index (κ2) is 5.49. The van der Waals surface area contributed by atoms with E-state index in [0.717, 1.165) is 18.4 Å². The van der Waals surface area contributed by atoms with Gasteiger partial charge in [-0.15, -0.1) is 6.58 Å². The van der Waals surface area contributed by atoms with Crippen molar-refractivity contribution < 1.29 is 10.2 Å². The number of fused-ring (bicyclic) bond motifs is 1. The molecule has 0 heterocycles. The molecule has 0 radical (unpaired) electrons. The largest absolute Gasteiger partial charge is 0.386 e. The van der Waals surface area contributed by atoms with Gasteiger partial charge in [0, 0.05) is 5.41 Å². The van der Waals surface area contributed by atoms with Gasteiger partial charge in [-0.25, -0.2) is 0 Å². The lowest BCUT2D eigenvalue weighted by molar-refractivity contribution is -0.150. The summed E-state index contributed by atoms with van der Waals surface area (Å²) in [5, 5.41) is 22.0. The minimum atomic E-state index is -0.913. The maximum absolute atomic E-state index is 11.7. The molecule has 0 aromatic carbocycles. The predicted molar refractivity (Wildman–Crippen MR) is 92.6 cm³/mol. The van der Waals surface area contributed by atoms with Gasteiger partial charge in [0.05, 0.1) is 11.2 Å². The second-order valence-electron chi connectivity index (χ2n) is 8.86. The van der Waals surface area contributed by atoms with Gasteiger partial charge in [0.25, 0.3) is 0 Å². The molecule has 0 amide bonds. The fourth-order valence-electron chi connectivity index (χ4n) is 5.13. The van der Waals surface area contributed by atoms with Crippen LogP contribution >= 0.6 is 0 Å². The van der Waals surface area contributed by atoms with Crippen LogP contribution < -0.4 is 0 Å². The third-order valence-electron chi connectivity index (χ3n) is 6.92. The first kappa shape index (κ1) is 17.7. The molecule has 126 valence electrons. The summed E-state index contributed by atoms with van der Waals surface area (Å²) in [6, 6.07) is 0. The molecular weight excluding hydrogens is 272 g/mol. The monoisotopic (exact) mass is 306 g/mol. The number of rotatable bonds is 4. The Balaban J connectivity index is 2.37. The van der Waals surface area contributed by atoms with E-state index in [4.69, 9.17) is 0 Å². The van der Waals surface area contributed by atoms with Crippen molar-refractivity contribution in [1.29, 1.82) is 0 Å². The summed E-state index contributed by atoms with van der Waals surface area (Å²) in [6.45, 7) is 14.5. The average molecular weight is 306 g/mol. The zero-order valence-corrected chi connectivity index (χ0v) is 15.1. The van der Waals surface area contributed by atoms with E-state index in [1.165, 1.54) is 12.8 Å². The molecule has 1 fully saturated rings. The van der Waals surface area contributed by atoms with E-state index in [2.05, 4.69) is 40.3 Å². The molecule has 4 atom stereocenters. The predicted octanol–water partition coefficient (Wildman–Crippen LogP) is 4.62. The van der Waals surface area contributed by atoms with E-state index in [1.807, 2.05) is 0 Å². The summed E-state index contributed by atoms with van der Waals surface area (Å²) in [4.78, 5) is 0. The van der Waals surface area contributed by atoms with Crippen LogP contribution in [0.4, 0.5) is 0 Å². The summed E-state index contributed by atoms with van der Waals surface area (Å²) in [6.07, 6.45) is 9.51. The number of hydrogen-bond acceptors (Lipinski definition) is 2. The number of hydrogen-bond donors (Lipinski definition) is 2. The SMILES string of the molecule is C=CC(C)(O)CCC1(O)C(C)=CCC2C(C)(C)CCCC21C. The van der Waals surface area contributed by atoms with Gasteiger partial charge >= 0.3 is 0 Å². The molecule has 0 bridgehead atoms. The van der Waals surface area contributed by atoms with Crippen LogP contribution in [0.2, 0.25) is 0 Å². The molecule has 2 N–H and O–H groups in total. The molecule has 0 spiro atoms. The maximum Gasteiger partial charge on any atom is 0.0911 e. The van der Waals surface area contributed by atoms with Crippen molar-refractivity contribution in [2.24, 2.45) is 16.7 Å². The van der Waals surface area contributed by atoms with Crippen molar-refractivity contribution in [3.63, 3.8) is 0 Å². The van der Waals surface area contributed by atoms with Crippen molar-refractivity contribution in [1.82, 2.24) is 0 Å². The first-order valence-corrected chi connectivity index (χ1v) is 8.74. The summed E-state index contributed by atoms with van der Waals surface area (Å²) >= 11 is 0. The van der Waals surface area contributed by atoms with Crippen molar-refractivity contribution in [3.8, 4) is 0 Å². The Morgan fingerprint density at radius 3 is 2.59 bits per heavy atom. The Bertz CT molecular complexity index is 474. The Morgan fingerprint density at radius 1 is 1.36 bits per heavy atom. The molecule has 2 aliphatic carbocycles. The number of aliphatic hydroxyl groups is 2. The second-order valence-corrected chi connectivity index (χ2v) is 8.86. The highest BCUT2D eigenvalue weighted by molar-refractivity contribution is 5.27. The van der Waals surface area contributed by atoms with E-state index in [-0.39, 0.29) is 10.8 Å². The van der Waals surface area contributed by atoms with Crippen molar-refractivity contribution in [2.45, 2.75) is 84.3 Å². The van der Waals surface area contributed by atoms with Crippen LogP contribution in [0.5, 0.6) is 0 Å². The molecule has 0 aliphatic heterocycles. The van der Waals surface area contributed by atoms with Crippen LogP contribution in [0, 0.1) is 16.7 Å². The Morgan fingerprint density at radius 2 is 2.00 bits per heavy atom. The van der Waals surface area contributed by atoms with Crippen molar-refractivity contribution >= 4 is 0 Å². The van der Waals surface area contributed by atoms with Crippen LogP contribution in [0.3, 0.4) is 0 Å². The lowest BCUT2D eigenvalue weighted by atomic mass is 9.46. The molecule has 2 aliphatic rings. The summed E-state index contributed by atoms with van der Waals surface area (Å²) < 4.78 is 0. The van der Waals surface area contributed by atoms with Gasteiger partial charge in [-0.2, -0.15) is 0 Å². The van der Waals surface area contributed by atoms with E-state index in [0.29, 0.717) is 18.8 Å². The Hall–Kier alpha value is -0.600. The quantitative estimate of drug-likeness (QED) is 0.744. The third kappa shape index (κ3) is 2.69. The minimum absolute atomic E-state index is 0.106. The fourth-order valence-corrected chi connectivity index (χ4v) is 5.13. The van der Waals surface area contributed by atoms with Crippen molar-refractivity contribution in [3.05, 3.63) is 24.3 Å². The van der Waals surface area contributed by atoms with Crippen LogP contribution in [-0.2, 0) is 0 Å². The molecule has 0 aromatic heterocycles. The topological polar surface area (TPSA) is 40.5 Å². The summed E-state index contributed by atoms with van der Waals surface area (Å²) in [5.74, 6) is 0.496. The molecule has 2 nitrogen and oxygen atoms in total. The Kier molecular flexibility index (Phi) is 4.43. The standard InChI is InChI=1S/C20H34O2/c1-7-18(5,21)13-14-20(22)15(2)9-10-16-17(3,4)11-8-12-19(16,20)6/h7,9,16,21-22H,1,8,10-14H2,2-6H3. The zero-order valence-electron chi connectivity index (χ0n) is 15.1. The Labute approximate surface area is 136 Å². The van der Waals surface area contributed by atoms with Gasteiger partial charge in [0.15, 0.2) is 0 Å². The highest BCUT2D eigenvalue weighted by Crippen LogP contribution is 2.62. The van der Waals surface area contributed by atoms with Gasteiger partial charge in [0.1, 0.15) is 0 Å². The van der Waals surface area contributed by atoms with Crippen LogP contribution in [0.1, 0.15) is 73.1 Å². The normalized spacial score (nSPS) is 40.3. The molecule has 22 heavy (non-hydrogen) atoms. The van der Waals surface area contributed by atoms with Crippen LogP contribution in [-0.4, -0.2) is 21.4 Å². The molecule has 1 saturated carbocycles. The third-order valence-corrected chi connectivity index (χ3v) is 6.92. The minimum Gasteiger partial charge on any atom is -0.386 e. The van der Waals surface area contributed by atoms with E-state index >= 15 is 0 Å². The summed E-state index contributed by atoms with van der Waals surface area (Å²) in [7, 11) is 0. The lowest BCUT2D eigenvalue weighted by Gasteiger charge is -2.60. The van der Waals surface area contributed by atoms with E-state index in [1.54, 1.807) is 13.0 Å². The number of allylic oxidation sites excluding steroid dienone is 1. The molecular formula is C20H34O2. The van der Waals surface area contributed by atoms with Gasteiger partial charge in [-0.05, 0) is 62.9 Å². The van der Waals surface area contributed by atoms with Gasteiger partial charge in [-0.3, -0.25) is 0 Å². The average Bonchev–Trinajstić information content (AvgIpc) is 2.42. The first-order chi connectivity index (χ1) is 9.98. The summed E-state index contributed by atoms with van der Waals surface area (Å²) in [5.41, 5.74) is -0.488. The molecule has 2 rings (SSSR count). The highest BCUT2D eigenvalue weighted by atomic mass is 16.3. The molecule has 4 unspecified atom stereocenters. The fraction of sp³-hybridized carbons (Fsp3) is 0.800. The lowest BCUT2D eigenvalue weighted by Crippen LogP contribution is -2.59. The smallest absolute Gasteiger partial charge is 0.0911 e. The van der Waals surface area contributed by atoms with E-state index < -0.39 is 11.2 Å².